The van der Waals surface area contributed by atoms with Gasteiger partial charge in [0.1, 0.15) is 0 Å². The van der Waals surface area contributed by atoms with E-state index in [1.165, 1.54) is 0 Å². The van der Waals surface area contributed by atoms with E-state index in [-0.39, 0.29) is 17.2 Å². The molecule has 2 saturated carbocycles. The standard InChI is InChI=1S/C19H28N2O3S/c20-13-14-5-9-16(10-6-14)21-19(22)15-7-11-18(12-8-15)25(23,24)17-3-1-2-4-17/h7-8,11-12,14,16-17H,1-6,9-10,13,20H2,(H,21,22). The van der Waals surface area contributed by atoms with Crippen LogP contribution in [0.3, 0.4) is 0 Å². The molecular formula is C19H28N2O3S. The summed E-state index contributed by atoms with van der Waals surface area (Å²) in [5.74, 6) is 0.453. The van der Waals surface area contributed by atoms with E-state index in [0.717, 1.165) is 57.9 Å². The van der Waals surface area contributed by atoms with Gasteiger partial charge in [-0.2, -0.15) is 0 Å². The molecule has 2 aliphatic rings. The first-order valence-corrected chi connectivity index (χ1v) is 10.9. The minimum Gasteiger partial charge on any atom is -0.349 e. The van der Waals surface area contributed by atoms with Gasteiger partial charge in [-0.05, 0) is 75.3 Å². The SMILES string of the molecule is NCC1CCC(NC(=O)c2ccc(S(=O)(=O)C3CCCC3)cc2)CC1. The van der Waals surface area contributed by atoms with Crippen molar-refractivity contribution in [3.63, 3.8) is 0 Å². The summed E-state index contributed by atoms with van der Waals surface area (Å²) in [6, 6.07) is 6.60. The third-order valence-corrected chi connectivity index (χ3v) is 7.98. The highest BCUT2D eigenvalue weighted by Crippen LogP contribution is 2.29. The first kappa shape index (κ1) is 18.4. The lowest BCUT2D eigenvalue weighted by molar-refractivity contribution is 0.0922. The van der Waals surface area contributed by atoms with Gasteiger partial charge < -0.3 is 11.1 Å². The maximum absolute atomic E-state index is 12.6. The Balaban J connectivity index is 1.61. The molecule has 5 nitrogen and oxygen atoms in total. The van der Waals surface area contributed by atoms with Crippen molar-refractivity contribution in [2.45, 2.75) is 67.6 Å². The summed E-state index contributed by atoms with van der Waals surface area (Å²) < 4.78 is 25.2. The molecule has 138 valence electrons. The van der Waals surface area contributed by atoms with Gasteiger partial charge in [-0.25, -0.2) is 8.42 Å². The van der Waals surface area contributed by atoms with E-state index >= 15 is 0 Å². The van der Waals surface area contributed by atoms with Crippen molar-refractivity contribution in [2.24, 2.45) is 11.7 Å². The zero-order valence-corrected chi connectivity index (χ0v) is 15.4. The predicted octanol–water partition coefficient (Wildman–Crippen LogP) is 2.65. The molecule has 0 aromatic heterocycles. The molecule has 25 heavy (non-hydrogen) atoms. The Kier molecular flexibility index (Phi) is 5.79. The van der Waals surface area contributed by atoms with Crippen molar-refractivity contribution < 1.29 is 13.2 Å². The minimum atomic E-state index is -3.26. The van der Waals surface area contributed by atoms with Crippen molar-refractivity contribution in [3.8, 4) is 0 Å². The Morgan fingerprint density at radius 1 is 1.00 bits per heavy atom. The molecule has 3 rings (SSSR count). The molecule has 1 amide bonds. The van der Waals surface area contributed by atoms with Crippen molar-refractivity contribution >= 4 is 15.7 Å². The molecule has 3 N–H and O–H groups in total. The average molecular weight is 365 g/mol. The number of nitrogens with one attached hydrogen (secondary N) is 1. The van der Waals surface area contributed by atoms with Crippen LogP contribution in [-0.4, -0.2) is 32.2 Å². The van der Waals surface area contributed by atoms with E-state index in [9.17, 15) is 13.2 Å². The molecule has 1 aromatic carbocycles. The maximum Gasteiger partial charge on any atom is 0.251 e. The Labute approximate surface area is 150 Å². The molecule has 0 unspecified atom stereocenters. The number of benzene rings is 1. The second kappa shape index (κ2) is 7.87. The van der Waals surface area contributed by atoms with Gasteiger partial charge >= 0.3 is 0 Å². The van der Waals surface area contributed by atoms with E-state index in [1.54, 1.807) is 24.3 Å². The molecule has 0 saturated heterocycles. The van der Waals surface area contributed by atoms with Crippen molar-refractivity contribution in [3.05, 3.63) is 29.8 Å². The van der Waals surface area contributed by atoms with Crippen LogP contribution in [0.5, 0.6) is 0 Å². The Morgan fingerprint density at radius 2 is 1.60 bits per heavy atom. The normalized spacial score (nSPS) is 25.0. The lowest BCUT2D eigenvalue weighted by Gasteiger charge is -2.28. The lowest BCUT2D eigenvalue weighted by Crippen LogP contribution is -2.38. The summed E-state index contributed by atoms with van der Waals surface area (Å²) in [5, 5.41) is 2.80. The Hall–Kier alpha value is -1.40. The zero-order valence-electron chi connectivity index (χ0n) is 14.6. The van der Waals surface area contributed by atoms with Crippen LogP contribution in [0, 0.1) is 5.92 Å². The van der Waals surface area contributed by atoms with Gasteiger partial charge in [-0.3, -0.25) is 4.79 Å². The summed E-state index contributed by atoms with van der Waals surface area (Å²) in [4.78, 5) is 12.7. The van der Waals surface area contributed by atoms with Crippen molar-refractivity contribution in [2.75, 3.05) is 6.54 Å². The van der Waals surface area contributed by atoms with Gasteiger partial charge in [0.25, 0.3) is 5.91 Å². The average Bonchev–Trinajstić information content (AvgIpc) is 3.18. The Morgan fingerprint density at radius 3 is 2.16 bits per heavy atom. The molecule has 2 fully saturated rings. The number of carbonyl (C=O) groups excluding carboxylic acids is 1. The fraction of sp³-hybridized carbons (Fsp3) is 0.632. The first-order chi connectivity index (χ1) is 12.0. The summed E-state index contributed by atoms with van der Waals surface area (Å²) in [6.45, 7) is 0.720. The molecule has 2 aliphatic carbocycles. The quantitative estimate of drug-likeness (QED) is 0.840. The number of hydrogen-bond acceptors (Lipinski definition) is 4. The van der Waals surface area contributed by atoms with Crippen LogP contribution in [-0.2, 0) is 9.84 Å². The summed E-state index contributed by atoms with van der Waals surface area (Å²) >= 11 is 0. The highest BCUT2D eigenvalue weighted by Gasteiger charge is 2.30. The first-order valence-electron chi connectivity index (χ1n) is 9.35. The third kappa shape index (κ3) is 4.23. The number of sulfone groups is 1. The monoisotopic (exact) mass is 364 g/mol. The number of amides is 1. The second-order valence-electron chi connectivity index (χ2n) is 7.40. The van der Waals surface area contributed by atoms with Crippen molar-refractivity contribution in [1.29, 1.82) is 0 Å². The van der Waals surface area contributed by atoms with E-state index in [4.69, 9.17) is 5.73 Å². The van der Waals surface area contributed by atoms with Gasteiger partial charge in [-0.15, -0.1) is 0 Å². The highest BCUT2D eigenvalue weighted by molar-refractivity contribution is 7.92. The minimum absolute atomic E-state index is 0.124. The van der Waals surface area contributed by atoms with E-state index in [0.29, 0.717) is 16.4 Å². The van der Waals surface area contributed by atoms with E-state index in [1.807, 2.05) is 0 Å². The number of nitrogens with two attached hydrogens (primary N) is 1. The lowest BCUT2D eigenvalue weighted by atomic mass is 9.86. The van der Waals surface area contributed by atoms with Crippen LogP contribution in [0.4, 0.5) is 0 Å². The van der Waals surface area contributed by atoms with Crippen LogP contribution in [0.15, 0.2) is 29.2 Å². The molecule has 0 atom stereocenters. The number of carbonyl (C=O) groups is 1. The fourth-order valence-electron chi connectivity index (χ4n) is 4.00. The smallest absolute Gasteiger partial charge is 0.251 e. The summed E-state index contributed by atoms with van der Waals surface area (Å²) in [6.07, 6.45) is 7.49. The van der Waals surface area contributed by atoms with Crippen LogP contribution >= 0.6 is 0 Å². The Bertz CT molecular complexity index is 686. The maximum atomic E-state index is 12.6. The molecule has 0 heterocycles. The van der Waals surface area contributed by atoms with Crippen molar-refractivity contribution in [1.82, 2.24) is 5.32 Å². The molecule has 1 aromatic rings. The zero-order chi connectivity index (χ0) is 17.9. The molecule has 0 radical (unpaired) electrons. The van der Waals surface area contributed by atoms with E-state index < -0.39 is 9.84 Å². The number of hydrogen-bond donors (Lipinski definition) is 2. The van der Waals surface area contributed by atoms with Crippen LogP contribution in [0.1, 0.15) is 61.7 Å². The molecule has 6 heteroatoms. The van der Waals surface area contributed by atoms with Crippen LogP contribution < -0.4 is 11.1 Å². The molecular weight excluding hydrogens is 336 g/mol. The third-order valence-electron chi connectivity index (χ3n) is 5.70. The predicted molar refractivity (Wildman–Crippen MR) is 98.2 cm³/mol. The van der Waals surface area contributed by atoms with E-state index in [2.05, 4.69) is 5.32 Å². The van der Waals surface area contributed by atoms with Crippen LogP contribution in [0.2, 0.25) is 0 Å². The summed E-state index contributed by atoms with van der Waals surface area (Å²) in [5.41, 5.74) is 6.22. The number of rotatable bonds is 5. The second-order valence-corrected chi connectivity index (χ2v) is 9.63. The van der Waals surface area contributed by atoms with Crippen LogP contribution in [0.25, 0.3) is 0 Å². The van der Waals surface area contributed by atoms with Gasteiger partial charge in [0.2, 0.25) is 0 Å². The highest BCUT2D eigenvalue weighted by atomic mass is 32.2. The molecule has 0 spiro atoms. The van der Waals surface area contributed by atoms with Gasteiger partial charge in [0, 0.05) is 11.6 Å². The van der Waals surface area contributed by atoms with Gasteiger partial charge in [-0.1, -0.05) is 12.8 Å². The summed E-state index contributed by atoms with van der Waals surface area (Å²) in [7, 11) is -3.26. The molecule has 0 bridgehead atoms. The fourth-order valence-corrected chi connectivity index (χ4v) is 5.85. The largest absolute Gasteiger partial charge is 0.349 e. The van der Waals surface area contributed by atoms with Gasteiger partial charge in [0.05, 0.1) is 10.1 Å². The van der Waals surface area contributed by atoms with Gasteiger partial charge in [0.15, 0.2) is 9.84 Å². The molecule has 0 aliphatic heterocycles. The topological polar surface area (TPSA) is 89.3 Å².